The van der Waals surface area contributed by atoms with E-state index in [1.807, 2.05) is 0 Å². The normalized spacial score (nSPS) is 10.4. The first-order valence-electron chi connectivity index (χ1n) is 7.85. The minimum Gasteiger partial charge on any atom is -0.322 e. The predicted molar refractivity (Wildman–Crippen MR) is 98.4 cm³/mol. The number of H-pyrrole nitrogens is 1. The first-order valence-corrected chi connectivity index (χ1v) is 7.85. The number of rotatable bonds is 4. The first kappa shape index (κ1) is 17.8. The zero-order chi connectivity index (χ0) is 19.6. The predicted octanol–water partition coefficient (Wildman–Crippen LogP) is 1.99. The van der Waals surface area contributed by atoms with Crippen LogP contribution in [-0.2, 0) is 0 Å². The molecule has 1 aromatic heterocycles. The van der Waals surface area contributed by atoms with Crippen LogP contribution in [0.2, 0.25) is 0 Å². The second kappa shape index (κ2) is 7.08. The average molecular weight is 366 g/mol. The molecule has 0 fully saturated rings. The van der Waals surface area contributed by atoms with Crippen molar-refractivity contribution in [2.24, 2.45) is 0 Å². The molecule has 1 amide bonds. The standard InChI is InChI=1S/C18H14N4O5/c1-11-7-8-12(9-15(11)22(26)27)20-16(23)14-10-19-18(25)21(17(14)24)13-5-3-2-4-6-13/h2-10H,1H3,(H,19,25)(H,20,23). The number of aryl methyl sites for hydroxylation is 1. The monoisotopic (exact) mass is 366 g/mol. The molecule has 2 aromatic carbocycles. The van der Waals surface area contributed by atoms with Crippen LogP contribution >= 0.6 is 0 Å². The Morgan fingerprint density at radius 3 is 2.52 bits per heavy atom. The van der Waals surface area contributed by atoms with Gasteiger partial charge in [-0.3, -0.25) is 19.7 Å². The third-order valence-corrected chi connectivity index (χ3v) is 3.90. The van der Waals surface area contributed by atoms with Gasteiger partial charge in [0, 0.05) is 23.5 Å². The molecule has 0 spiro atoms. The van der Waals surface area contributed by atoms with Gasteiger partial charge in [0.15, 0.2) is 0 Å². The van der Waals surface area contributed by atoms with Crippen molar-refractivity contribution in [3.63, 3.8) is 0 Å². The Bertz CT molecular complexity index is 1150. The van der Waals surface area contributed by atoms with E-state index in [1.54, 1.807) is 37.3 Å². The van der Waals surface area contributed by atoms with Gasteiger partial charge in [-0.1, -0.05) is 24.3 Å². The summed E-state index contributed by atoms with van der Waals surface area (Å²) in [6.07, 6.45) is 1.02. The van der Waals surface area contributed by atoms with Crippen LogP contribution in [0.1, 0.15) is 15.9 Å². The Kier molecular flexibility index (Phi) is 4.67. The topological polar surface area (TPSA) is 127 Å². The second-order valence-electron chi connectivity index (χ2n) is 5.70. The van der Waals surface area contributed by atoms with Crippen molar-refractivity contribution in [2.75, 3.05) is 5.32 Å². The Labute approximate surface area is 152 Å². The molecule has 1 heterocycles. The highest BCUT2D eigenvalue weighted by Gasteiger charge is 2.17. The van der Waals surface area contributed by atoms with Gasteiger partial charge in [-0.15, -0.1) is 0 Å². The van der Waals surface area contributed by atoms with Crippen molar-refractivity contribution in [2.45, 2.75) is 6.92 Å². The van der Waals surface area contributed by atoms with E-state index in [2.05, 4.69) is 10.3 Å². The van der Waals surface area contributed by atoms with Gasteiger partial charge in [0.2, 0.25) is 0 Å². The summed E-state index contributed by atoms with van der Waals surface area (Å²) in [6, 6.07) is 12.3. The van der Waals surface area contributed by atoms with E-state index < -0.39 is 22.1 Å². The average Bonchev–Trinajstić information content (AvgIpc) is 2.64. The zero-order valence-corrected chi connectivity index (χ0v) is 14.1. The van der Waals surface area contributed by atoms with Crippen LogP contribution in [-0.4, -0.2) is 20.4 Å². The SMILES string of the molecule is Cc1ccc(NC(=O)c2c[nH]c(=O)n(-c3ccccc3)c2=O)cc1[N+](=O)[O-]. The largest absolute Gasteiger partial charge is 0.333 e. The lowest BCUT2D eigenvalue weighted by molar-refractivity contribution is -0.385. The van der Waals surface area contributed by atoms with E-state index in [0.29, 0.717) is 11.3 Å². The molecule has 3 rings (SSSR count). The maximum Gasteiger partial charge on any atom is 0.333 e. The van der Waals surface area contributed by atoms with Crippen molar-refractivity contribution in [1.82, 2.24) is 9.55 Å². The van der Waals surface area contributed by atoms with Crippen LogP contribution in [0.3, 0.4) is 0 Å². The number of carbonyl (C=O) groups excluding carboxylic acids is 1. The zero-order valence-electron chi connectivity index (χ0n) is 14.1. The Balaban J connectivity index is 1.99. The molecule has 0 aliphatic rings. The molecule has 0 aliphatic carbocycles. The third kappa shape index (κ3) is 3.52. The first-order chi connectivity index (χ1) is 12.9. The van der Waals surface area contributed by atoms with Crippen molar-refractivity contribution in [1.29, 1.82) is 0 Å². The number of nitro benzene ring substituents is 1. The van der Waals surface area contributed by atoms with Crippen LogP contribution in [0.5, 0.6) is 0 Å². The summed E-state index contributed by atoms with van der Waals surface area (Å²) in [6.45, 7) is 1.57. The number of nitrogens with one attached hydrogen (secondary N) is 2. The Morgan fingerprint density at radius 2 is 1.85 bits per heavy atom. The number of amides is 1. The maximum absolute atomic E-state index is 12.6. The number of nitrogens with zero attached hydrogens (tertiary/aromatic N) is 2. The summed E-state index contributed by atoms with van der Waals surface area (Å²) in [4.78, 5) is 49.9. The quantitative estimate of drug-likeness (QED) is 0.539. The molecule has 9 nitrogen and oxygen atoms in total. The summed E-state index contributed by atoms with van der Waals surface area (Å²) >= 11 is 0. The molecule has 3 aromatic rings. The second-order valence-corrected chi connectivity index (χ2v) is 5.70. The fourth-order valence-corrected chi connectivity index (χ4v) is 2.53. The van der Waals surface area contributed by atoms with Gasteiger partial charge >= 0.3 is 5.69 Å². The number of carbonyl (C=O) groups is 1. The van der Waals surface area contributed by atoms with Gasteiger partial charge in [0.25, 0.3) is 17.2 Å². The summed E-state index contributed by atoms with van der Waals surface area (Å²) < 4.78 is 0.840. The molecule has 0 unspecified atom stereocenters. The summed E-state index contributed by atoms with van der Waals surface area (Å²) in [7, 11) is 0. The molecule has 0 atom stereocenters. The number of para-hydroxylation sites is 1. The smallest absolute Gasteiger partial charge is 0.322 e. The van der Waals surface area contributed by atoms with E-state index in [0.717, 1.165) is 10.8 Å². The minimum absolute atomic E-state index is 0.157. The lowest BCUT2D eigenvalue weighted by Crippen LogP contribution is -2.38. The lowest BCUT2D eigenvalue weighted by Gasteiger charge is -2.08. The molecule has 136 valence electrons. The molecule has 0 saturated heterocycles. The highest BCUT2D eigenvalue weighted by Crippen LogP contribution is 2.22. The fraction of sp³-hybridized carbons (Fsp3) is 0.0556. The summed E-state index contributed by atoms with van der Waals surface area (Å²) in [5.74, 6) is -0.793. The Morgan fingerprint density at radius 1 is 1.15 bits per heavy atom. The maximum atomic E-state index is 12.6. The molecule has 0 radical (unpaired) electrons. The van der Waals surface area contributed by atoms with Crippen LogP contribution in [0.4, 0.5) is 11.4 Å². The number of aromatic amines is 1. The highest BCUT2D eigenvalue weighted by molar-refractivity contribution is 6.04. The Hall–Kier alpha value is -4.01. The molecule has 2 N–H and O–H groups in total. The molecular weight excluding hydrogens is 352 g/mol. The number of benzene rings is 2. The number of nitro groups is 1. The van der Waals surface area contributed by atoms with Gasteiger partial charge in [0.1, 0.15) is 5.56 Å². The molecule has 27 heavy (non-hydrogen) atoms. The number of hydrogen-bond acceptors (Lipinski definition) is 5. The van der Waals surface area contributed by atoms with Crippen molar-refractivity contribution >= 4 is 17.3 Å². The number of aromatic nitrogens is 2. The summed E-state index contributed by atoms with van der Waals surface area (Å²) in [5, 5.41) is 13.5. The van der Waals surface area contributed by atoms with Crippen LogP contribution in [0, 0.1) is 17.0 Å². The molecule has 9 heteroatoms. The molecule has 0 aliphatic heterocycles. The van der Waals surface area contributed by atoms with E-state index in [-0.39, 0.29) is 16.9 Å². The summed E-state index contributed by atoms with van der Waals surface area (Å²) in [5.41, 5.74) is -1.04. The van der Waals surface area contributed by atoms with Gasteiger partial charge in [-0.05, 0) is 25.1 Å². The van der Waals surface area contributed by atoms with E-state index in [4.69, 9.17) is 0 Å². The van der Waals surface area contributed by atoms with Gasteiger partial charge in [-0.25, -0.2) is 9.36 Å². The van der Waals surface area contributed by atoms with E-state index in [1.165, 1.54) is 18.2 Å². The van der Waals surface area contributed by atoms with E-state index >= 15 is 0 Å². The van der Waals surface area contributed by atoms with Crippen molar-refractivity contribution in [3.8, 4) is 5.69 Å². The lowest BCUT2D eigenvalue weighted by atomic mass is 10.2. The van der Waals surface area contributed by atoms with Gasteiger partial charge in [0.05, 0.1) is 10.6 Å². The minimum atomic E-state index is -0.802. The molecule has 0 saturated carbocycles. The third-order valence-electron chi connectivity index (χ3n) is 3.90. The van der Waals surface area contributed by atoms with Gasteiger partial charge < -0.3 is 10.3 Å². The number of anilines is 1. The van der Waals surface area contributed by atoms with Crippen LogP contribution in [0.25, 0.3) is 5.69 Å². The van der Waals surface area contributed by atoms with Gasteiger partial charge in [-0.2, -0.15) is 0 Å². The van der Waals surface area contributed by atoms with Crippen molar-refractivity contribution in [3.05, 3.63) is 96.8 Å². The number of hydrogen-bond donors (Lipinski definition) is 2. The van der Waals surface area contributed by atoms with Crippen LogP contribution < -0.4 is 16.6 Å². The molecule has 0 bridgehead atoms. The fourth-order valence-electron chi connectivity index (χ4n) is 2.53. The van der Waals surface area contributed by atoms with Crippen molar-refractivity contribution < 1.29 is 9.72 Å². The van der Waals surface area contributed by atoms with E-state index in [9.17, 15) is 24.5 Å². The molecular formula is C18H14N4O5. The highest BCUT2D eigenvalue weighted by atomic mass is 16.6. The van der Waals surface area contributed by atoms with Crippen LogP contribution in [0.15, 0.2) is 64.3 Å².